The number of hydrogen-bond acceptors (Lipinski definition) is 7. The molecular weight excluding hydrogens is 516 g/mol. The Kier molecular flexibility index (Phi) is 25.8. The van der Waals surface area contributed by atoms with Gasteiger partial charge in [0.25, 0.3) is 0 Å². The summed E-state index contributed by atoms with van der Waals surface area (Å²) in [6.07, 6.45) is 9.88. The number of aliphatic carboxylic acids is 1. The molecule has 0 spiro atoms. The number of carbonyl (C=O) groups excluding carboxylic acids is 3. The highest BCUT2D eigenvalue weighted by Gasteiger charge is 2.11. The molecule has 0 fully saturated rings. The van der Waals surface area contributed by atoms with E-state index in [9.17, 15) is 19.2 Å². The molecule has 40 heavy (non-hydrogen) atoms. The van der Waals surface area contributed by atoms with Gasteiger partial charge in [0.1, 0.15) is 0 Å². The fourth-order valence-electron chi connectivity index (χ4n) is 3.43. The van der Waals surface area contributed by atoms with Crippen molar-refractivity contribution in [1.29, 1.82) is 0 Å². The van der Waals surface area contributed by atoms with Gasteiger partial charge in [0, 0.05) is 12.8 Å². The monoisotopic (exact) mass is 568 g/mol. The van der Waals surface area contributed by atoms with Crippen LogP contribution in [0.4, 0.5) is 0 Å². The predicted octanol–water partition coefficient (Wildman–Crippen LogP) is 6.56. The molecule has 0 unspecified atom stereocenters. The van der Waals surface area contributed by atoms with E-state index in [1.54, 1.807) is 24.3 Å². The molecular formula is C31H52O9. The van der Waals surface area contributed by atoms with Crippen LogP contribution in [0.3, 0.4) is 0 Å². The van der Waals surface area contributed by atoms with Gasteiger partial charge in [-0.2, -0.15) is 0 Å². The number of ether oxygens (including phenoxy) is 3. The Morgan fingerprint density at radius 1 is 0.650 bits per heavy atom. The lowest BCUT2D eigenvalue weighted by atomic mass is 10.1. The SMILES string of the molecule is CC(C)CCCCCOC(=O)c1ccc(C(=O)OCCCCCCOC(=O)CCCCC(=O)O)cc1.CCC.O. The van der Waals surface area contributed by atoms with Crippen LogP contribution in [0.15, 0.2) is 24.3 Å². The number of hydrogen-bond donors (Lipinski definition) is 1. The van der Waals surface area contributed by atoms with E-state index in [0.29, 0.717) is 56.1 Å². The third-order valence-corrected chi connectivity index (χ3v) is 5.57. The Morgan fingerprint density at radius 2 is 1.05 bits per heavy atom. The number of esters is 3. The van der Waals surface area contributed by atoms with Crippen LogP contribution in [-0.4, -0.2) is 54.3 Å². The zero-order valence-corrected chi connectivity index (χ0v) is 25.0. The first kappa shape index (κ1) is 39.2. The molecule has 1 aromatic rings. The minimum atomic E-state index is -0.859. The van der Waals surface area contributed by atoms with E-state index in [1.807, 2.05) is 0 Å². The number of benzene rings is 1. The first-order valence-electron chi connectivity index (χ1n) is 14.5. The number of carboxylic acids is 1. The maximum Gasteiger partial charge on any atom is 0.338 e. The van der Waals surface area contributed by atoms with Crippen molar-refractivity contribution in [1.82, 2.24) is 0 Å². The topological polar surface area (TPSA) is 148 Å². The third kappa shape index (κ3) is 23.0. The van der Waals surface area contributed by atoms with Crippen molar-refractivity contribution in [2.75, 3.05) is 19.8 Å². The zero-order chi connectivity index (χ0) is 29.3. The van der Waals surface area contributed by atoms with Gasteiger partial charge in [-0.25, -0.2) is 9.59 Å². The van der Waals surface area contributed by atoms with E-state index >= 15 is 0 Å². The molecule has 230 valence electrons. The molecule has 1 aromatic carbocycles. The van der Waals surface area contributed by atoms with Gasteiger partial charge in [-0.1, -0.05) is 53.4 Å². The molecule has 9 heteroatoms. The van der Waals surface area contributed by atoms with Crippen molar-refractivity contribution >= 4 is 23.9 Å². The Morgan fingerprint density at radius 3 is 1.48 bits per heavy atom. The zero-order valence-electron chi connectivity index (χ0n) is 25.0. The predicted molar refractivity (Wildman–Crippen MR) is 155 cm³/mol. The first-order valence-corrected chi connectivity index (χ1v) is 14.5. The van der Waals surface area contributed by atoms with Gasteiger partial charge in [0.15, 0.2) is 0 Å². The maximum absolute atomic E-state index is 12.2. The van der Waals surface area contributed by atoms with Gasteiger partial charge in [-0.15, -0.1) is 0 Å². The van der Waals surface area contributed by atoms with Gasteiger partial charge in [0.05, 0.1) is 30.9 Å². The average molecular weight is 569 g/mol. The van der Waals surface area contributed by atoms with E-state index in [4.69, 9.17) is 19.3 Å². The van der Waals surface area contributed by atoms with E-state index in [2.05, 4.69) is 27.7 Å². The summed E-state index contributed by atoms with van der Waals surface area (Å²) in [7, 11) is 0. The summed E-state index contributed by atoms with van der Waals surface area (Å²) in [4.78, 5) is 46.2. The highest BCUT2D eigenvalue weighted by molar-refractivity contribution is 5.93. The second-order valence-corrected chi connectivity index (χ2v) is 10.0. The van der Waals surface area contributed by atoms with Crippen LogP contribution in [0.25, 0.3) is 0 Å². The fourth-order valence-corrected chi connectivity index (χ4v) is 3.43. The molecule has 0 aliphatic carbocycles. The van der Waals surface area contributed by atoms with Gasteiger partial charge in [-0.05, 0) is 75.1 Å². The summed E-state index contributed by atoms with van der Waals surface area (Å²) in [5, 5.41) is 8.55. The normalized spacial score (nSPS) is 10.1. The largest absolute Gasteiger partial charge is 0.481 e. The van der Waals surface area contributed by atoms with Crippen LogP contribution in [0.5, 0.6) is 0 Å². The average Bonchev–Trinajstić information content (AvgIpc) is 2.90. The van der Waals surface area contributed by atoms with Crippen LogP contribution < -0.4 is 0 Å². The second-order valence-electron chi connectivity index (χ2n) is 10.0. The lowest BCUT2D eigenvalue weighted by molar-refractivity contribution is -0.144. The molecule has 0 atom stereocenters. The molecule has 0 saturated carbocycles. The number of rotatable bonds is 20. The molecule has 1 rings (SSSR count). The van der Waals surface area contributed by atoms with E-state index in [1.165, 1.54) is 12.8 Å². The molecule has 0 heterocycles. The maximum atomic E-state index is 12.2. The van der Waals surface area contributed by atoms with E-state index in [-0.39, 0.29) is 30.3 Å². The third-order valence-electron chi connectivity index (χ3n) is 5.57. The van der Waals surface area contributed by atoms with Crippen LogP contribution in [0.2, 0.25) is 0 Å². The molecule has 0 radical (unpaired) electrons. The van der Waals surface area contributed by atoms with Crippen molar-refractivity contribution in [3.63, 3.8) is 0 Å². The summed E-state index contributed by atoms with van der Waals surface area (Å²) < 4.78 is 15.7. The Hall–Kier alpha value is -2.94. The molecule has 9 nitrogen and oxygen atoms in total. The molecule has 0 saturated heterocycles. The van der Waals surface area contributed by atoms with Gasteiger partial charge < -0.3 is 24.8 Å². The molecule has 0 aromatic heterocycles. The molecule has 3 N–H and O–H groups in total. The summed E-state index contributed by atoms with van der Waals surface area (Å²) in [5.74, 6) is -1.29. The van der Waals surface area contributed by atoms with Crippen molar-refractivity contribution in [2.45, 2.75) is 111 Å². The van der Waals surface area contributed by atoms with Crippen LogP contribution in [0, 0.1) is 5.92 Å². The molecule has 0 aliphatic heterocycles. The standard InChI is InChI=1S/C28H42O8.C3H8.H2O/c1-22(2)12-6-5-11-21-36-28(33)24-17-15-23(16-18-24)27(32)35-20-10-4-3-9-19-34-26(31)14-8-7-13-25(29)30;1-3-2;/h15-18,22H,3-14,19-21H2,1-2H3,(H,29,30);3H2,1-2H3;1H2. The van der Waals surface area contributed by atoms with Gasteiger partial charge >= 0.3 is 23.9 Å². The van der Waals surface area contributed by atoms with E-state index < -0.39 is 11.9 Å². The smallest absolute Gasteiger partial charge is 0.338 e. The number of carbonyl (C=O) groups is 4. The van der Waals surface area contributed by atoms with Gasteiger partial charge in [0.2, 0.25) is 0 Å². The Balaban J connectivity index is 0. The van der Waals surface area contributed by atoms with Crippen molar-refractivity contribution in [2.24, 2.45) is 5.92 Å². The molecule has 0 amide bonds. The highest BCUT2D eigenvalue weighted by Crippen LogP contribution is 2.11. The number of unbranched alkanes of at least 4 members (excludes halogenated alkanes) is 6. The lowest BCUT2D eigenvalue weighted by Gasteiger charge is -2.08. The summed E-state index contributed by atoms with van der Waals surface area (Å²) >= 11 is 0. The fraction of sp³-hybridized carbons (Fsp3) is 0.677. The van der Waals surface area contributed by atoms with Crippen molar-refractivity contribution < 1.29 is 44.0 Å². The summed E-state index contributed by atoms with van der Waals surface area (Å²) in [6.45, 7) is 9.68. The molecule has 0 bridgehead atoms. The second kappa shape index (κ2) is 26.3. The van der Waals surface area contributed by atoms with Crippen LogP contribution in [0.1, 0.15) is 132 Å². The summed E-state index contributed by atoms with van der Waals surface area (Å²) in [6, 6.07) is 6.28. The lowest BCUT2D eigenvalue weighted by Crippen LogP contribution is -2.09. The van der Waals surface area contributed by atoms with Crippen molar-refractivity contribution in [3.8, 4) is 0 Å². The number of carboxylic acid groups (broad SMARTS) is 1. The minimum absolute atomic E-state index is 0. The Bertz CT molecular complexity index is 804. The van der Waals surface area contributed by atoms with Crippen LogP contribution >= 0.6 is 0 Å². The highest BCUT2D eigenvalue weighted by atomic mass is 16.5. The van der Waals surface area contributed by atoms with Crippen molar-refractivity contribution in [3.05, 3.63) is 35.4 Å². The molecule has 0 aliphatic rings. The van der Waals surface area contributed by atoms with E-state index in [0.717, 1.165) is 38.5 Å². The van der Waals surface area contributed by atoms with Crippen LogP contribution in [-0.2, 0) is 23.8 Å². The van der Waals surface area contributed by atoms with Gasteiger partial charge in [-0.3, -0.25) is 9.59 Å². The minimum Gasteiger partial charge on any atom is -0.481 e. The first-order chi connectivity index (χ1) is 18.7. The Labute approximate surface area is 240 Å². The quantitative estimate of drug-likeness (QED) is 0.106. The summed E-state index contributed by atoms with van der Waals surface area (Å²) in [5.41, 5.74) is 0.796.